The third kappa shape index (κ3) is 4.09. The molecule has 2 aliphatic rings. The van der Waals surface area contributed by atoms with E-state index in [2.05, 4.69) is 20.2 Å². The number of aromatic nitrogens is 2. The molecule has 0 radical (unpaired) electrons. The quantitative estimate of drug-likeness (QED) is 0.750. The number of aryl methyl sites for hydroxylation is 1. The van der Waals surface area contributed by atoms with Crippen LogP contribution in [0.5, 0.6) is 0 Å². The van der Waals surface area contributed by atoms with Crippen molar-refractivity contribution in [2.45, 2.75) is 38.1 Å². The Labute approximate surface area is 175 Å². The largest absolute Gasteiger partial charge is 0.365 e. The van der Waals surface area contributed by atoms with Gasteiger partial charge in [-0.05, 0) is 44.4 Å². The molecule has 1 amide bonds. The van der Waals surface area contributed by atoms with Crippen LogP contribution in [-0.2, 0) is 0 Å². The van der Waals surface area contributed by atoms with Crippen LogP contribution in [0.2, 0.25) is 0 Å². The number of carbonyl (C=O) groups excluding carboxylic acids is 1. The van der Waals surface area contributed by atoms with Gasteiger partial charge in [-0.15, -0.1) is 0 Å². The maximum absolute atomic E-state index is 14.5. The number of anilines is 1. The van der Waals surface area contributed by atoms with E-state index in [0.717, 1.165) is 56.7 Å². The predicted molar refractivity (Wildman–Crippen MR) is 114 cm³/mol. The average Bonchev–Trinajstić information content (AvgIpc) is 3.25. The first-order valence-electron chi connectivity index (χ1n) is 10.5. The maximum atomic E-state index is 14.5. The number of hydrogen-bond donors (Lipinski definition) is 2. The van der Waals surface area contributed by atoms with E-state index in [-0.39, 0.29) is 11.3 Å². The Morgan fingerprint density at radius 1 is 1.17 bits per heavy atom. The molecule has 160 valence electrons. The summed E-state index contributed by atoms with van der Waals surface area (Å²) < 4.78 is 14.5. The Hall–Kier alpha value is -2.74. The summed E-state index contributed by atoms with van der Waals surface area (Å²) in [4.78, 5) is 34.9. The minimum absolute atomic E-state index is 0.00244. The average molecular weight is 413 g/mol. The van der Waals surface area contributed by atoms with Gasteiger partial charge in [-0.2, -0.15) is 4.39 Å². The molecule has 0 aromatic carbocycles. The van der Waals surface area contributed by atoms with Gasteiger partial charge in [-0.3, -0.25) is 14.5 Å². The van der Waals surface area contributed by atoms with Crippen LogP contribution in [0, 0.1) is 12.9 Å². The molecule has 2 atom stereocenters. The van der Waals surface area contributed by atoms with E-state index in [1.165, 1.54) is 7.05 Å². The van der Waals surface area contributed by atoms with Gasteiger partial charge in [0.25, 0.3) is 11.5 Å². The molecule has 2 N–H and O–H groups in total. The number of halogens is 1. The highest BCUT2D eigenvalue weighted by Gasteiger charge is 2.32. The first kappa shape index (κ1) is 20.5. The van der Waals surface area contributed by atoms with E-state index < -0.39 is 11.9 Å². The van der Waals surface area contributed by atoms with Gasteiger partial charge in [0.15, 0.2) is 0 Å². The van der Waals surface area contributed by atoms with Gasteiger partial charge in [0, 0.05) is 56.4 Å². The Balaban J connectivity index is 1.35. The lowest BCUT2D eigenvalue weighted by atomic mass is 10.0. The van der Waals surface area contributed by atoms with E-state index in [0.29, 0.717) is 17.6 Å². The van der Waals surface area contributed by atoms with Gasteiger partial charge in [0.1, 0.15) is 5.69 Å². The zero-order valence-electron chi connectivity index (χ0n) is 17.4. The Morgan fingerprint density at radius 3 is 2.60 bits per heavy atom. The molecular weight excluding hydrogens is 385 g/mol. The summed E-state index contributed by atoms with van der Waals surface area (Å²) in [6, 6.07) is 7.63. The first-order chi connectivity index (χ1) is 14.5. The van der Waals surface area contributed by atoms with Crippen LogP contribution in [0.1, 0.15) is 46.9 Å². The highest BCUT2D eigenvalue weighted by molar-refractivity contribution is 5.92. The molecule has 0 unspecified atom stereocenters. The summed E-state index contributed by atoms with van der Waals surface area (Å²) in [6.45, 7) is 4.99. The fourth-order valence-corrected chi connectivity index (χ4v) is 4.62. The summed E-state index contributed by atoms with van der Waals surface area (Å²) in [7, 11) is 1.50. The van der Waals surface area contributed by atoms with Gasteiger partial charge in [0.05, 0.1) is 5.69 Å². The van der Waals surface area contributed by atoms with E-state index in [9.17, 15) is 14.0 Å². The zero-order valence-corrected chi connectivity index (χ0v) is 17.4. The van der Waals surface area contributed by atoms with Gasteiger partial charge in [-0.25, -0.2) is 4.98 Å². The van der Waals surface area contributed by atoms with E-state index >= 15 is 0 Å². The van der Waals surface area contributed by atoms with Crippen LogP contribution in [0.25, 0.3) is 0 Å². The van der Waals surface area contributed by atoms with Crippen molar-refractivity contribution in [2.24, 2.45) is 0 Å². The molecule has 1 saturated heterocycles. The normalized spacial score (nSPS) is 22.3. The number of amides is 1. The number of H-pyrrole nitrogens is 1. The smallest absolute Gasteiger partial charge is 0.269 e. The molecule has 1 saturated carbocycles. The van der Waals surface area contributed by atoms with Crippen molar-refractivity contribution in [1.82, 2.24) is 20.2 Å². The predicted octanol–water partition coefficient (Wildman–Crippen LogP) is 2.04. The van der Waals surface area contributed by atoms with E-state index in [1.807, 2.05) is 24.0 Å². The number of rotatable bonds is 4. The highest BCUT2D eigenvalue weighted by Crippen LogP contribution is 2.36. The lowest BCUT2D eigenvalue weighted by molar-refractivity contribution is 0.0957. The molecule has 8 heteroatoms. The second kappa shape index (κ2) is 8.55. The lowest BCUT2D eigenvalue weighted by Gasteiger charge is -2.39. The maximum Gasteiger partial charge on any atom is 0.269 e. The minimum atomic E-state index is -0.603. The van der Waals surface area contributed by atoms with Crippen molar-refractivity contribution in [3.8, 4) is 0 Å². The second-order valence-electron chi connectivity index (χ2n) is 8.20. The van der Waals surface area contributed by atoms with Crippen molar-refractivity contribution in [2.75, 3.05) is 38.1 Å². The van der Waals surface area contributed by atoms with E-state index in [1.54, 1.807) is 12.1 Å². The van der Waals surface area contributed by atoms with Crippen LogP contribution in [0.4, 0.5) is 10.1 Å². The number of nitrogens with one attached hydrogen (secondary N) is 2. The molecule has 0 bridgehead atoms. The molecule has 1 aliphatic heterocycles. The standard InChI is InChI=1S/C22H28FN5O2/c1-14-3-6-17(26-21(14)29)15-4-5-16(13-15)27-9-11-28(12-10-27)19-8-7-18(22(30)24-2)25-20(19)23/h3,6-8,15-16H,4-5,9-13H2,1-2H3,(H,24,30)(H,26,29)/t15-,16-/m1/s1. The van der Waals surface area contributed by atoms with E-state index in [4.69, 9.17) is 0 Å². The Morgan fingerprint density at radius 2 is 1.93 bits per heavy atom. The summed E-state index contributed by atoms with van der Waals surface area (Å²) in [5.41, 5.74) is 2.32. The third-order valence-electron chi connectivity index (χ3n) is 6.43. The number of hydrogen-bond acceptors (Lipinski definition) is 5. The molecular formula is C22H28FN5O2. The molecule has 2 fully saturated rings. The number of piperazine rings is 1. The molecule has 7 nitrogen and oxygen atoms in total. The van der Waals surface area contributed by atoms with Crippen LogP contribution < -0.4 is 15.8 Å². The summed E-state index contributed by atoms with van der Waals surface area (Å²) in [6.07, 6.45) is 3.22. The molecule has 2 aromatic heterocycles. The molecule has 2 aromatic rings. The van der Waals surface area contributed by atoms with Gasteiger partial charge >= 0.3 is 0 Å². The van der Waals surface area contributed by atoms with Crippen molar-refractivity contribution < 1.29 is 9.18 Å². The number of aromatic amines is 1. The molecule has 0 spiro atoms. The van der Waals surface area contributed by atoms with Gasteiger partial charge in [0.2, 0.25) is 5.95 Å². The second-order valence-corrected chi connectivity index (χ2v) is 8.20. The zero-order chi connectivity index (χ0) is 21.3. The highest BCUT2D eigenvalue weighted by atomic mass is 19.1. The van der Waals surface area contributed by atoms with Crippen molar-refractivity contribution >= 4 is 11.6 Å². The summed E-state index contributed by atoms with van der Waals surface area (Å²) >= 11 is 0. The number of carbonyl (C=O) groups is 1. The molecule has 30 heavy (non-hydrogen) atoms. The SMILES string of the molecule is CNC(=O)c1ccc(N2CCN([C@@H]3CC[C@@H](c4ccc(C)c(=O)[nH]4)C3)CC2)c(F)n1. The molecule has 3 heterocycles. The van der Waals surface area contributed by atoms with Crippen LogP contribution in [0.15, 0.2) is 29.1 Å². The fourth-order valence-electron chi connectivity index (χ4n) is 4.62. The van der Waals surface area contributed by atoms with Crippen LogP contribution in [0.3, 0.4) is 0 Å². The van der Waals surface area contributed by atoms with Crippen molar-refractivity contribution in [3.05, 3.63) is 57.5 Å². The number of pyridine rings is 2. The Bertz CT molecular complexity index is 984. The summed E-state index contributed by atoms with van der Waals surface area (Å²) in [5, 5.41) is 2.46. The monoisotopic (exact) mass is 413 g/mol. The third-order valence-corrected chi connectivity index (χ3v) is 6.43. The van der Waals surface area contributed by atoms with Crippen molar-refractivity contribution in [1.29, 1.82) is 0 Å². The topological polar surface area (TPSA) is 81.3 Å². The van der Waals surface area contributed by atoms with Crippen LogP contribution >= 0.6 is 0 Å². The number of nitrogens with zero attached hydrogens (tertiary/aromatic N) is 3. The lowest BCUT2D eigenvalue weighted by Crippen LogP contribution is -2.50. The van der Waals surface area contributed by atoms with Crippen molar-refractivity contribution in [3.63, 3.8) is 0 Å². The first-order valence-corrected chi connectivity index (χ1v) is 10.5. The van der Waals surface area contributed by atoms with Gasteiger partial charge in [-0.1, -0.05) is 6.07 Å². The minimum Gasteiger partial charge on any atom is -0.365 e. The summed E-state index contributed by atoms with van der Waals surface area (Å²) in [5.74, 6) is -0.606. The fraction of sp³-hybridized carbons (Fsp3) is 0.500. The van der Waals surface area contributed by atoms with Gasteiger partial charge < -0.3 is 15.2 Å². The molecule has 1 aliphatic carbocycles. The molecule has 4 rings (SSSR count). The Kier molecular flexibility index (Phi) is 5.85. The van der Waals surface area contributed by atoms with Crippen LogP contribution in [-0.4, -0.2) is 60.0 Å².